The third kappa shape index (κ3) is 5.83. The molecule has 5 nitrogen and oxygen atoms in total. The minimum atomic E-state index is -0.738. The van der Waals surface area contributed by atoms with Crippen molar-refractivity contribution in [3.05, 3.63) is 88.9 Å². The zero-order valence-corrected chi connectivity index (χ0v) is 16.9. The second-order valence-corrected chi connectivity index (χ2v) is 7.05. The second kappa shape index (κ2) is 9.26. The number of aryl methyl sites for hydroxylation is 1. The Morgan fingerprint density at radius 2 is 1.59 bits per heavy atom. The highest BCUT2D eigenvalue weighted by Crippen LogP contribution is 2.19. The quantitative estimate of drug-likeness (QED) is 0.581. The van der Waals surface area contributed by atoms with E-state index in [1.165, 1.54) is 0 Å². The van der Waals surface area contributed by atoms with Crippen molar-refractivity contribution in [1.82, 2.24) is 0 Å². The normalized spacial score (nSPS) is 11.4. The second-order valence-electron chi connectivity index (χ2n) is 6.61. The Hall–Kier alpha value is -3.31. The summed E-state index contributed by atoms with van der Waals surface area (Å²) in [4.78, 5) is 25.0. The Kier molecular flexibility index (Phi) is 6.52. The number of amides is 2. The summed E-state index contributed by atoms with van der Waals surface area (Å²) in [6.07, 6.45) is -0.738. The maximum atomic E-state index is 12.5. The fourth-order valence-corrected chi connectivity index (χ4v) is 2.89. The number of anilines is 2. The number of nitrogens with one attached hydrogen (secondary N) is 2. The van der Waals surface area contributed by atoms with Crippen molar-refractivity contribution < 1.29 is 14.3 Å². The lowest BCUT2D eigenvalue weighted by Crippen LogP contribution is -2.30. The number of benzene rings is 3. The molecule has 2 amide bonds. The van der Waals surface area contributed by atoms with Gasteiger partial charge in [0.05, 0.1) is 0 Å². The lowest BCUT2D eigenvalue weighted by molar-refractivity contribution is -0.122. The van der Waals surface area contributed by atoms with Gasteiger partial charge in [-0.05, 0) is 67.9 Å². The Morgan fingerprint density at radius 3 is 2.31 bits per heavy atom. The van der Waals surface area contributed by atoms with Crippen LogP contribution in [0, 0.1) is 6.92 Å². The minimum Gasteiger partial charge on any atom is -0.481 e. The van der Waals surface area contributed by atoms with E-state index in [0.717, 1.165) is 5.56 Å². The molecule has 0 fully saturated rings. The summed E-state index contributed by atoms with van der Waals surface area (Å²) in [6, 6.07) is 21.1. The molecule has 3 aromatic rings. The lowest BCUT2D eigenvalue weighted by Gasteiger charge is -2.15. The molecule has 0 unspecified atom stereocenters. The Bertz CT molecular complexity index is 1040. The van der Waals surface area contributed by atoms with Gasteiger partial charge in [0.1, 0.15) is 5.75 Å². The molecule has 0 aliphatic carbocycles. The van der Waals surface area contributed by atoms with Crippen LogP contribution in [-0.2, 0) is 4.79 Å². The first kappa shape index (κ1) is 20.4. The Morgan fingerprint density at radius 1 is 0.897 bits per heavy atom. The average Bonchev–Trinajstić information content (AvgIpc) is 2.68. The number of halogens is 1. The van der Waals surface area contributed by atoms with E-state index >= 15 is 0 Å². The Balaban J connectivity index is 1.64. The summed E-state index contributed by atoms with van der Waals surface area (Å²) in [7, 11) is 0. The molecule has 0 aliphatic heterocycles. The highest BCUT2D eigenvalue weighted by molar-refractivity contribution is 6.30. The average molecular weight is 409 g/mol. The molecule has 29 heavy (non-hydrogen) atoms. The third-order valence-corrected chi connectivity index (χ3v) is 4.38. The highest BCUT2D eigenvalue weighted by atomic mass is 35.5. The van der Waals surface area contributed by atoms with Gasteiger partial charge in [0, 0.05) is 22.0 Å². The lowest BCUT2D eigenvalue weighted by atomic mass is 10.1. The topological polar surface area (TPSA) is 67.4 Å². The van der Waals surface area contributed by atoms with Gasteiger partial charge in [-0.2, -0.15) is 0 Å². The molecule has 3 aromatic carbocycles. The molecule has 0 radical (unpaired) electrons. The number of rotatable bonds is 6. The van der Waals surface area contributed by atoms with E-state index in [2.05, 4.69) is 10.6 Å². The molecule has 0 aliphatic rings. The van der Waals surface area contributed by atoms with Crippen molar-refractivity contribution in [2.45, 2.75) is 20.0 Å². The maximum absolute atomic E-state index is 12.5. The van der Waals surface area contributed by atoms with E-state index in [1.807, 2.05) is 31.2 Å². The molecule has 1 atom stereocenters. The monoisotopic (exact) mass is 408 g/mol. The molecule has 2 N–H and O–H groups in total. The van der Waals surface area contributed by atoms with Crippen molar-refractivity contribution in [3.8, 4) is 5.75 Å². The van der Waals surface area contributed by atoms with E-state index in [9.17, 15) is 9.59 Å². The van der Waals surface area contributed by atoms with Crippen molar-refractivity contribution in [2.24, 2.45) is 0 Å². The zero-order valence-electron chi connectivity index (χ0n) is 16.1. The molecule has 6 heteroatoms. The first-order chi connectivity index (χ1) is 13.9. The minimum absolute atomic E-state index is 0.255. The van der Waals surface area contributed by atoms with Gasteiger partial charge in [0.15, 0.2) is 6.10 Å². The largest absolute Gasteiger partial charge is 0.481 e. The van der Waals surface area contributed by atoms with E-state index in [-0.39, 0.29) is 11.8 Å². The van der Waals surface area contributed by atoms with E-state index < -0.39 is 6.10 Å². The van der Waals surface area contributed by atoms with Crippen molar-refractivity contribution in [3.63, 3.8) is 0 Å². The van der Waals surface area contributed by atoms with Crippen molar-refractivity contribution in [2.75, 3.05) is 10.6 Å². The molecular formula is C23H21ClN2O3. The van der Waals surface area contributed by atoms with Gasteiger partial charge in [-0.15, -0.1) is 0 Å². The van der Waals surface area contributed by atoms with Gasteiger partial charge < -0.3 is 15.4 Å². The summed E-state index contributed by atoms with van der Waals surface area (Å²) in [5, 5.41) is 6.15. The molecule has 0 bridgehead atoms. The fourth-order valence-electron chi connectivity index (χ4n) is 2.71. The molecule has 0 heterocycles. The summed E-state index contributed by atoms with van der Waals surface area (Å²) in [6.45, 7) is 3.60. The third-order valence-electron chi connectivity index (χ3n) is 4.15. The molecule has 0 saturated carbocycles. The van der Waals surface area contributed by atoms with E-state index in [1.54, 1.807) is 55.5 Å². The highest BCUT2D eigenvalue weighted by Gasteiger charge is 2.16. The van der Waals surface area contributed by atoms with Crippen LogP contribution in [-0.4, -0.2) is 17.9 Å². The van der Waals surface area contributed by atoms with Crippen LogP contribution in [0.1, 0.15) is 22.8 Å². The fraction of sp³-hybridized carbons (Fsp3) is 0.130. The van der Waals surface area contributed by atoms with E-state index in [4.69, 9.17) is 16.3 Å². The van der Waals surface area contributed by atoms with Gasteiger partial charge in [-0.25, -0.2) is 0 Å². The summed E-state index contributed by atoms with van der Waals surface area (Å²) < 4.78 is 5.62. The van der Waals surface area contributed by atoms with Crippen LogP contribution in [0.15, 0.2) is 72.8 Å². The smallest absolute Gasteiger partial charge is 0.265 e. The standard InChI is InChI=1S/C23H21ClN2O3/c1-15-6-3-9-19(12-15)26-23(28)17-7-4-10-20(13-17)25-22(27)16(2)29-21-11-5-8-18(24)14-21/h3-14,16H,1-2H3,(H,25,27)(H,26,28)/t16-/m0/s1. The van der Waals surface area contributed by atoms with Gasteiger partial charge in [-0.1, -0.05) is 35.9 Å². The Labute approximate surface area is 174 Å². The summed E-state index contributed by atoms with van der Waals surface area (Å²) >= 11 is 5.93. The number of hydrogen-bond acceptors (Lipinski definition) is 3. The van der Waals surface area contributed by atoms with Crippen LogP contribution in [0.2, 0.25) is 5.02 Å². The predicted octanol–water partition coefficient (Wildman–Crippen LogP) is 5.31. The van der Waals surface area contributed by atoms with Gasteiger partial charge >= 0.3 is 0 Å². The SMILES string of the molecule is Cc1cccc(NC(=O)c2cccc(NC(=O)[C@H](C)Oc3cccc(Cl)c3)c2)c1. The van der Waals surface area contributed by atoms with Gasteiger partial charge in [-0.3, -0.25) is 9.59 Å². The van der Waals surface area contributed by atoms with Crippen LogP contribution in [0.3, 0.4) is 0 Å². The number of ether oxygens (including phenoxy) is 1. The summed E-state index contributed by atoms with van der Waals surface area (Å²) in [5.74, 6) is -0.0809. The summed E-state index contributed by atoms with van der Waals surface area (Å²) in [5.41, 5.74) is 2.71. The molecule has 0 saturated heterocycles. The molecule has 0 spiro atoms. The van der Waals surface area contributed by atoms with Crippen molar-refractivity contribution >= 4 is 34.8 Å². The maximum Gasteiger partial charge on any atom is 0.265 e. The first-order valence-corrected chi connectivity index (χ1v) is 9.50. The molecule has 148 valence electrons. The number of hydrogen-bond donors (Lipinski definition) is 2. The van der Waals surface area contributed by atoms with Crippen LogP contribution in [0.5, 0.6) is 5.75 Å². The van der Waals surface area contributed by atoms with Crippen molar-refractivity contribution in [1.29, 1.82) is 0 Å². The van der Waals surface area contributed by atoms with Crippen LogP contribution < -0.4 is 15.4 Å². The van der Waals surface area contributed by atoms with Crippen LogP contribution in [0.25, 0.3) is 0 Å². The van der Waals surface area contributed by atoms with Crippen LogP contribution in [0.4, 0.5) is 11.4 Å². The van der Waals surface area contributed by atoms with Gasteiger partial charge in [0.2, 0.25) is 0 Å². The predicted molar refractivity (Wildman–Crippen MR) is 116 cm³/mol. The number of carbonyl (C=O) groups excluding carboxylic acids is 2. The first-order valence-electron chi connectivity index (χ1n) is 9.12. The molecule has 0 aromatic heterocycles. The molecular weight excluding hydrogens is 388 g/mol. The van der Waals surface area contributed by atoms with Gasteiger partial charge in [0.25, 0.3) is 11.8 Å². The van der Waals surface area contributed by atoms with Crippen LogP contribution >= 0.6 is 11.6 Å². The van der Waals surface area contributed by atoms with E-state index in [0.29, 0.717) is 27.7 Å². The number of carbonyl (C=O) groups is 2. The zero-order chi connectivity index (χ0) is 20.8. The molecule has 3 rings (SSSR count).